The van der Waals surface area contributed by atoms with E-state index in [2.05, 4.69) is 0 Å². The summed E-state index contributed by atoms with van der Waals surface area (Å²) in [7, 11) is 0. The van der Waals surface area contributed by atoms with Crippen LogP contribution in [0.4, 0.5) is 4.39 Å². The van der Waals surface area contributed by atoms with Crippen LogP contribution in [-0.4, -0.2) is 0 Å². The minimum absolute atomic E-state index is 0. The molecule has 0 amide bonds. The van der Waals surface area contributed by atoms with Gasteiger partial charge < -0.3 is 0 Å². The van der Waals surface area contributed by atoms with E-state index in [4.69, 9.17) is 0 Å². The molecule has 0 aliphatic carbocycles. The van der Waals surface area contributed by atoms with Crippen LogP contribution in [0.25, 0.3) is 0 Å². The van der Waals surface area contributed by atoms with Crippen molar-refractivity contribution in [2.24, 2.45) is 0 Å². The summed E-state index contributed by atoms with van der Waals surface area (Å²) in [4.78, 5) is 0. The molecule has 0 aliphatic heterocycles. The molecule has 0 aliphatic rings. The van der Waals surface area contributed by atoms with Crippen LogP contribution in [0, 0.1) is 5.82 Å². The summed E-state index contributed by atoms with van der Waals surface area (Å²) in [6.07, 6.45) is 0.972. The van der Waals surface area contributed by atoms with Gasteiger partial charge in [0, 0.05) is 0 Å². The quantitative estimate of drug-likeness (QED) is 0.562. The van der Waals surface area contributed by atoms with Crippen LogP contribution in [0.15, 0.2) is 24.3 Å². The third-order valence-electron chi connectivity index (χ3n) is 1.32. The Balaban J connectivity index is 0.000000810. The fraction of sp³-hybridized carbons (Fsp3) is 0.333. The van der Waals surface area contributed by atoms with Crippen molar-refractivity contribution < 1.29 is 4.39 Å². The van der Waals surface area contributed by atoms with Crippen LogP contribution in [0.3, 0.4) is 0 Å². The van der Waals surface area contributed by atoms with Gasteiger partial charge >= 0.3 is 0 Å². The lowest BCUT2D eigenvalue weighted by molar-refractivity contribution is 0.627. The van der Waals surface area contributed by atoms with Gasteiger partial charge in [-0.3, -0.25) is 0 Å². The van der Waals surface area contributed by atoms with Crippen LogP contribution in [-0.2, 0) is 6.42 Å². The average molecular weight is 140 g/mol. The second kappa shape index (κ2) is 4.04. The highest BCUT2D eigenvalue weighted by Crippen LogP contribution is 2.01. The molecule has 0 radical (unpaired) electrons. The molecular weight excluding hydrogens is 127 g/mol. The molecule has 0 spiro atoms. The van der Waals surface area contributed by atoms with E-state index < -0.39 is 0 Å². The Morgan fingerprint density at radius 2 is 1.70 bits per heavy atom. The van der Waals surface area contributed by atoms with Gasteiger partial charge in [-0.2, -0.15) is 0 Å². The van der Waals surface area contributed by atoms with Gasteiger partial charge in [-0.1, -0.05) is 26.5 Å². The molecular formula is C9H13F. The van der Waals surface area contributed by atoms with Gasteiger partial charge in [-0.05, 0) is 24.1 Å². The van der Waals surface area contributed by atoms with Gasteiger partial charge in [0.25, 0.3) is 0 Å². The molecule has 0 saturated heterocycles. The first kappa shape index (κ1) is 9.15. The Morgan fingerprint density at radius 3 is 2.10 bits per heavy atom. The SMILES string of the molecule is C.CCc1ccc(F)cc1. The molecule has 56 valence electrons. The van der Waals surface area contributed by atoms with Crippen molar-refractivity contribution in [3.8, 4) is 0 Å². The lowest BCUT2D eigenvalue weighted by atomic mass is 10.2. The third-order valence-corrected chi connectivity index (χ3v) is 1.32. The molecule has 0 fully saturated rings. The summed E-state index contributed by atoms with van der Waals surface area (Å²) in [5.74, 6) is -0.160. The zero-order valence-electron chi connectivity index (χ0n) is 5.39. The first-order valence-electron chi connectivity index (χ1n) is 3.07. The van der Waals surface area contributed by atoms with E-state index in [1.165, 1.54) is 17.7 Å². The zero-order chi connectivity index (χ0) is 6.69. The Kier molecular flexibility index (Phi) is 3.70. The Hall–Kier alpha value is -0.850. The van der Waals surface area contributed by atoms with Gasteiger partial charge in [0.15, 0.2) is 0 Å². The number of benzene rings is 1. The molecule has 0 heterocycles. The Morgan fingerprint density at radius 1 is 1.20 bits per heavy atom. The maximum Gasteiger partial charge on any atom is 0.123 e. The molecule has 1 rings (SSSR count). The van der Waals surface area contributed by atoms with Crippen LogP contribution in [0.5, 0.6) is 0 Å². The molecule has 0 nitrogen and oxygen atoms in total. The second-order valence-electron chi connectivity index (χ2n) is 1.98. The van der Waals surface area contributed by atoms with E-state index >= 15 is 0 Å². The molecule has 0 atom stereocenters. The number of hydrogen-bond donors (Lipinski definition) is 0. The predicted molar refractivity (Wildman–Crippen MR) is 42.5 cm³/mol. The summed E-state index contributed by atoms with van der Waals surface area (Å²) in [6, 6.07) is 6.57. The fourth-order valence-corrected chi connectivity index (χ4v) is 0.720. The van der Waals surface area contributed by atoms with Crippen LogP contribution < -0.4 is 0 Å². The molecule has 1 heteroatoms. The highest BCUT2D eigenvalue weighted by molar-refractivity contribution is 5.15. The molecule has 0 unspecified atom stereocenters. The van der Waals surface area contributed by atoms with Gasteiger partial charge in [0.2, 0.25) is 0 Å². The van der Waals surface area contributed by atoms with Crippen molar-refractivity contribution in [3.63, 3.8) is 0 Å². The summed E-state index contributed by atoms with van der Waals surface area (Å²) in [6.45, 7) is 2.05. The van der Waals surface area contributed by atoms with Gasteiger partial charge in [-0.15, -0.1) is 0 Å². The van der Waals surface area contributed by atoms with Crippen molar-refractivity contribution in [2.75, 3.05) is 0 Å². The predicted octanol–water partition coefficient (Wildman–Crippen LogP) is 3.02. The van der Waals surface area contributed by atoms with E-state index in [1.807, 2.05) is 6.92 Å². The number of aryl methyl sites for hydroxylation is 1. The van der Waals surface area contributed by atoms with E-state index in [9.17, 15) is 4.39 Å². The van der Waals surface area contributed by atoms with Crippen molar-refractivity contribution in [1.29, 1.82) is 0 Å². The largest absolute Gasteiger partial charge is 0.207 e. The number of halogens is 1. The third kappa shape index (κ3) is 2.18. The number of hydrogen-bond acceptors (Lipinski definition) is 0. The number of rotatable bonds is 1. The zero-order valence-corrected chi connectivity index (χ0v) is 5.39. The van der Waals surface area contributed by atoms with E-state index in [-0.39, 0.29) is 13.2 Å². The first-order valence-corrected chi connectivity index (χ1v) is 3.07. The molecule has 1 aromatic carbocycles. The molecule has 10 heavy (non-hydrogen) atoms. The average Bonchev–Trinajstić information content (AvgIpc) is 1.90. The monoisotopic (exact) mass is 140 g/mol. The summed E-state index contributed by atoms with van der Waals surface area (Å²) in [5, 5.41) is 0. The van der Waals surface area contributed by atoms with Crippen LogP contribution >= 0.6 is 0 Å². The lowest BCUT2D eigenvalue weighted by Crippen LogP contribution is -1.78. The van der Waals surface area contributed by atoms with Crippen molar-refractivity contribution in [2.45, 2.75) is 20.8 Å². The minimum atomic E-state index is -0.160. The highest BCUT2D eigenvalue weighted by Gasteiger charge is 1.87. The van der Waals surface area contributed by atoms with Crippen molar-refractivity contribution >= 4 is 0 Å². The smallest absolute Gasteiger partial charge is 0.123 e. The first-order chi connectivity index (χ1) is 4.33. The molecule has 1 aromatic rings. The van der Waals surface area contributed by atoms with Gasteiger partial charge in [-0.25, -0.2) is 4.39 Å². The summed E-state index contributed by atoms with van der Waals surface area (Å²) < 4.78 is 12.2. The van der Waals surface area contributed by atoms with E-state index in [0.29, 0.717) is 0 Å². The topological polar surface area (TPSA) is 0 Å². The second-order valence-corrected chi connectivity index (χ2v) is 1.98. The van der Waals surface area contributed by atoms with E-state index in [0.717, 1.165) is 6.42 Å². The van der Waals surface area contributed by atoms with E-state index in [1.54, 1.807) is 12.1 Å². The lowest BCUT2D eigenvalue weighted by Gasteiger charge is -1.92. The maximum atomic E-state index is 12.2. The van der Waals surface area contributed by atoms with Crippen molar-refractivity contribution in [1.82, 2.24) is 0 Å². The summed E-state index contributed by atoms with van der Waals surface area (Å²) >= 11 is 0. The molecule has 0 bridgehead atoms. The molecule has 0 aromatic heterocycles. The minimum Gasteiger partial charge on any atom is -0.207 e. The fourth-order valence-electron chi connectivity index (χ4n) is 0.720. The van der Waals surface area contributed by atoms with Crippen LogP contribution in [0.1, 0.15) is 19.9 Å². The maximum absolute atomic E-state index is 12.2. The summed E-state index contributed by atoms with van der Waals surface area (Å²) in [5.41, 5.74) is 1.18. The van der Waals surface area contributed by atoms with Crippen LogP contribution in [0.2, 0.25) is 0 Å². The van der Waals surface area contributed by atoms with Crippen molar-refractivity contribution in [3.05, 3.63) is 35.6 Å². The molecule has 0 N–H and O–H groups in total. The Labute approximate surface area is 61.7 Å². The Bertz CT molecular complexity index is 176. The normalized spacial score (nSPS) is 8.60. The highest BCUT2D eigenvalue weighted by atomic mass is 19.1. The van der Waals surface area contributed by atoms with Gasteiger partial charge in [0.1, 0.15) is 5.82 Å². The van der Waals surface area contributed by atoms with Gasteiger partial charge in [0.05, 0.1) is 0 Å². The standard InChI is InChI=1S/C8H9F.CH4/c1-2-7-3-5-8(9)6-4-7;/h3-6H,2H2,1H3;1H4. The molecule has 0 saturated carbocycles.